The number of hydrogen-bond donors (Lipinski definition) is 0. The summed E-state index contributed by atoms with van der Waals surface area (Å²) in [7, 11) is 0.420. The first kappa shape index (κ1) is 18.0. The molecule has 1 fully saturated rings. The molecule has 0 aromatic heterocycles. The molecule has 6 heteroatoms. The normalized spacial score (nSPS) is 18.8. The van der Waals surface area contributed by atoms with Crippen LogP contribution in [0.4, 0.5) is 4.39 Å². The molecule has 0 radical (unpaired) electrons. The highest BCUT2D eigenvalue weighted by Gasteiger charge is 2.33. The number of likely N-dealkylation sites (N-methyl/N-ethyl adjacent to an activating group) is 1. The van der Waals surface area contributed by atoms with E-state index in [-0.39, 0.29) is 16.8 Å². The number of nitrogens with zero attached hydrogens (tertiary/aromatic N) is 2. The van der Waals surface area contributed by atoms with Crippen molar-refractivity contribution in [1.29, 1.82) is 0 Å². The minimum atomic E-state index is -3.51. The van der Waals surface area contributed by atoms with E-state index in [1.165, 1.54) is 10.4 Å². The fourth-order valence-electron chi connectivity index (χ4n) is 3.16. The zero-order valence-electron chi connectivity index (χ0n) is 14.7. The minimum absolute atomic E-state index is 0.246. The first-order chi connectivity index (χ1) is 11.8. The molecule has 4 nitrogen and oxygen atoms in total. The van der Waals surface area contributed by atoms with Gasteiger partial charge in [-0.2, -0.15) is 4.31 Å². The van der Waals surface area contributed by atoms with Crippen molar-refractivity contribution in [2.45, 2.75) is 24.3 Å². The summed E-state index contributed by atoms with van der Waals surface area (Å²) in [6, 6.07) is 11.7. The Balaban J connectivity index is 1.84. The van der Waals surface area contributed by atoms with Crippen LogP contribution in [0.5, 0.6) is 0 Å². The fourth-order valence-corrected chi connectivity index (χ4v) is 4.65. The predicted octanol–water partition coefficient (Wildman–Crippen LogP) is 3.13. The molecule has 0 amide bonds. The molecule has 1 aliphatic rings. The average Bonchev–Trinajstić information content (AvgIpc) is 3.06. The van der Waals surface area contributed by atoms with Crippen molar-refractivity contribution >= 4 is 10.0 Å². The van der Waals surface area contributed by atoms with Crippen LogP contribution in [0.25, 0.3) is 11.1 Å². The summed E-state index contributed by atoms with van der Waals surface area (Å²) in [4.78, 5) is 2.31. The van der Waals surface area contributed by atoms with Crippen LogP contribution in [-0.4, -0.2) is 50.8 Å². The van der Waals surface area contributed by atoms with Crippen molar-refractivity contribution in [2.24, 2.45) is 0 Å². The summed E-state index contributed by atoms with van der Waals surface area (Å²) >= 11 is 0. The molecule has 0 aliphatic carbocycles. The Morgan fingerprint density at radius 3 is 2.36 bits per heavy atom. The van der Waals surface area contributed by atoms with Crippen LogP contribution in [0.3, 0.4) is 0 Å². The van der Waals surface area contributed by atoms with Crippen molar-refractivity contribution in [3.05, 3.63) is 53.8 Å². The number of halogens is 1. The van der Waals surface area contributed by atoms with E-state index in [9.17, 15) is 12.8 Å². The fraction of sp³-hybridized carbons (Fsp3) is 0.368. The van der Waals surface area contributed by atoms with Crippen molar-refractivity contribution in [1.82, 2.24) is 9.21 Å². The van der Waals surface area contributed by atoms with Gasteiger partial charge in [-0.1, -0.05) is 24.3 Å². The summed E-state index contributed by atoms with van der Waals surface area (Å²) in [5, 5.41) is 0. The van der Waals surface area contributed by atoms with Crippen molar-refractivity contribution in [2.75, 3.05) is 27.2 Å². The van der Waals surface area contributed by atoms with E-state index in [1.807, 2.05) is 27.1 Å². The van der Waals surface area contributed by atoms with Gasteiger partial charge in [0, 0.05) is 24.7 Å². The molecule has 1 heterocycles. The standard InChI is InChI=1S/C19H23FN2O2S/c1-14-4-9-18(19(20)12-14)15-5-7-17(8-6-15)25(23,24)22-11-10-16(13-22)21(2)3/h4-9,12,16H,10-11,13H2,1-3H3/t16-/m1/s1. The quantitative estimate of drug-likeness (QED) is 0.839. The molecule has 0 spiro atoms. The van der Waals surface area contributed by atoms with Gasteiger partial charge in [0.1, 0.15) is 5.82 Å². The SMILES string of the molecule is Cc1ccc(-c2ccc(S(=O)(=O)N3CC[C@@H](N(C)C)C3)cc2)c(F)c1. The maximum atomic E-state index is 14.1. The lowest BCUT2D eigenvalue weighted by Gasteiger charge is -2.20. The molecule has 1 aliphatic heterocycles. The van der Waals surface area contributed by atoms with Crippen LogP contribution in [0.15, 0.2) is 47.4 Å². The maximum absolute atomic E-state index is 14.1. The number of benzene rings is 2. The molecular formula is C19H23FN2O2S. The average molecular weight is 362 g/mol. The molecule has 0 unspecified atom stereocenters. The molecule has 2 aromatic carbocycles. The van der Waals surface area contributed by atoms with Gasteiger partial charge in [0.25, 0.3) is 0 Å². The van der Waals surface area contributed by atoms with Crippen LogP contribution < -0.4 is 0 Å². The highest BCUT2D eigenvalue weighted by molar-refractivity contribution is 7.89. The van der Waals surface area contributed by atoms with Crippen LogP contribution in [-0.2, 0) is 10.0 Å². The third kappa shape index (κ3) is 3.61. The van der Waals surface area contributed by atoms with Gasteiger partial charge in [0.05, 0.1) is 4.90 Å². The van der Waals surface area contributed by atoms with Gasteiger partial charge < -0.3 is 4.90 Å². The molecule has 0 saturated carbocycles. The van der Waals surface area contributed by atoms with E-state index < -0.39 is 10.0 Å². The van der Waals surface area contributed by atoms with E-state index in [0.29, 0.717) is 24.2 Å². The van der Waals surface area contributed by atoms with Gasteiger partial charge >= 0.3 is 0 Å². The highest BCUT2D eigenvalue weighted by atomic mass is 32.2. The first-order valence-corrected chi connectivity index (χ1v) is 9.76. The second-order valence-corrected chi connectivity index (χ2v) is 8.71. The second kappa shape index (κ2) is 6.86. The van der Waals surface area contributed by atoms with Gasteiger partial charge in [-0.25, -0.2) is 12.8 Å². The molecule has 0 N–H and O–H groups in total. The smallest absolute Gasteiger partial charge is 0.243 e. The Kier molecular flexibility index (Phi) is 4.95. The van der Waals surface area contributed by atoms with E-state index in [2.05, 4.69) is 4.90 Å². The number of aryl methyl sites for hydroxylation is 1. The Labute approximate surface area is 148 Å². The third-order valence-electron chi connectivity index (χ3n) is 4.78. The molecule has 134 valence electrons. The molecule has 3 rings (SSSR count). The minimum Gasteiger partial charge on any atom is -0.305 e. The van der Waals surface area contributed by atoms with E-state index in [1.54, 1.807) is 30.3 Å². The molecule has 1 saturated heterocycles. The topological polar surface area (TPSA) is 40.6 Å². The van der Waals surface area contributed by atoms with Gasteiger partial charge in [-0.05, 0) is 56.8 Å². The monoisotopic (exact) mass is 362 g/mol. The maximum Gasteiger partial charge on any atom is 0.243 e. The van der Waals surface area contributed by atoms with Crippen LogP contribution in [0.1, 0.15) is 12.0 Å². The summed E-state index contributed by atoms with van der Waals surface area (Å²) in [5.41, 5.74) is 2.00. The van der Waals surface area contributed by atoms with E-state index in [0.717, 1.165) is 12.0 Å². The zero-order chi connectivity index (χ0) is 18.2. The van der Waals surface area contributed by atoms with Crippen molar-refractivity contribution in [3.63, 3.8) is 0 Å². The third-order valence-corrected chi connectivity index (χ3v) is 6.66. The zero-order valence-corrected chi connectivity index (χ0v) is 15.6. The molecular weight excluding hydrogens is 339 g/mol. The van der Waals surface area contributed by atoms with Gasteiger partial charge in [-0.3, -0.25) is 0 Å². The van der Waals surface area contributed by atoms with Crippen LogP contribution >= 0.6 is 0 Å². The van der Waals surface area contributed by atoms with Crippen molar-refractivity contribution < 1.29 is 12.8 Å². The van der Waals surface area contributed by atoms with E-state index >= 15 is 0 Å². The Morgan fingerprint density at radius 2 is 1.80 bits per heavy atom. The predicted molar refractivity (Wildman–Crippen MR) is 97.4 cm³/mol. The first-order valence-electron chi connectivity index (χ1n) is 8.32. The van der Waals surface area contributed by atoms with Crippen LogP contribution in [0, 0.1) is 12.7 Å². The van der Waals surface area contributed by atoms with Crippen LogP contribution in [0.2, 0.25) is 0 Å². The number of sulfonamides is 1. The molecule has 0 bridgehead atoms. The summed E-state index contributed by atoms with van der Waals surface area (Å²) in [6.07, 6.45) is 0.832. The lowest BCUT2D eigenvalue weighted by Crippen LogP contribution is -2.34. The Morgan fingerprint density at radius 1 is 1.12 bits per heavy atom. The molecule has 1 atom stereocenters. The number of rotatable bonds is 4. The molecule has 25 heavy (non-hydrogen) atoms. The Bertz CT molecular complexity index is 863. The second-order valence-electron chi connectivity index (χ2n) is 6.78. The summed E-state index contributed by atoms with van der Waals surface area (Å²) in [5.74, 6) is -0.302. The van der Waals surface area contributed by atoms with Gasteiger partial charge in [0.15, 0.2) is 0 Å². The number of hydrogen-bond acceptors (Lipinski definition) is 3. The van der Waals surface area contributed by atoms with E-state index in [4.69, 9.17) is 0 Å². The van der Waals surface area contributed by atoms with Gasteiger partial charge in [0.2, 0.25) is 10.0 Å². The Hall–Kier alpha value is -1.76. The molecule has 2 aromatic rings. The lowest BCUT2D eigenvalue weighted by molar-refractivity contribution is 0.302. The summed E-state index contributed by atoms with van der Waals surface area (Å²) in [6.45, 7) is 2.86. The summed E-state index contributed by atoms with van der Waals surface area (Å²) < 4.78 is 41.2. The largest absolute Gasteiger partial charge is 0.305 e. The van der Waals surface area contributed by atoms with Crippen molar-refractivity contribution in [3.8, 4) is 11.1 Å². The highest BCUT2D eigenvalue weighted by Crippen LogP contribution is 2.27. The lowest BCUT2D eigenvalue weighted by atomic mass is 10.0. The van der Waals surface area contributed by atoms with Gasteiger partial charge in [-0.15, -0.1) is 0 Å².